The van der Waals surface area contributed by atoms with Gasteiger partial charge in [-0.3, -0.25) is 13.9 Å². The van der Waals surface area contributed by atoms with Crippen LogP contribution in [0.5, 0.6) is 0 Å². The predicted octanol–water partition coefficient (Wildman–Crippen LogP) is 5.96. The van der Waals surface area contributed by atoms with Gasteiger partial charge in [0, 0.05) is 25.1 Å². The predicted molar refractivity (Wildman–Crippen MR) is 162 cm³/mol. The summed E-state index contributed by atoms with van der Waals surface area (Å²) in [4.78, 5) is 28.8. The van der Waals surface area contributed by atoms with Gasteiger partial charge in [-0.05, 0) is 29.7 Å². The summed E-state index contributed by atoms with van der Waals surface area (Å²) in [5.41, 5.74) is 0.858. The minimum absolute atomic E-state index is 0.0328. The van der Waals surface area contributed by atoms with E-state index in [2.05, 4.69) is 5.32 Å². The van der Waals surface area contributed by atoms with Crippen molar-refractivity contribution in [3.8, 4) is 0 Å². The second-order valence-electron chi connectivity index (χ2n) is 9.94. The smallest absolute Gasteiger partial charge is 0.244 e. The van der Waals surface area contributed by atoms with Crippen LogP contribution in [0.2, 0.25) is 15.1 Å². The molecule has 0 heterocycles. The van der Waals surface area contributed by atoms with Crippen molar-refractivity contribution in [1.29, 1.82) is 0 Å². The molecule has 0 bridgehead atoms. The number of benzene rings is 3. The number of carbonyl (C=O) groups excluding carboxylic acids is 2. The number of nitrogens with one attached hydrogen (secondary N) is 1. The Morgan fingerprint density at radius 1 is 0.927 bits per heavy atom. The molecule has 41 heavy (non-hydrogen) atoms. The topological polar surface area (TPSA) is 86.8 Å². The van der Waals surface area contributed by atoms with Crippen molar-refractivity contribution >= 4 is 62.3 Å². The quantitative estimate of drug-likeness (QED) is 0.247. The number of amides is 2. The molecule has 12 heteroatoms. The SMILES string of the molecule is CC(C)CNC(=O)[C@@H](Cc1ccccc1)N(Cc1ccccc1F)C(=O)CN(c1cc(Cl)c(Cl)cc1Cl)S(C)(=O)=O. The van der Waals surface area contributed by atoms with E-state index in [1.807, 2.05) is 32.0 Å². The van der Waals surface area contributed by atoms with Crippen LogP contribution in [0.3, 0.4) is 0 Å². The molecule has 2 amide bonds. The number of hydrogen-bond acceptors (Lipinski definition) is 4. The fourth-order valence-electron chi connectivity index (χ4n) is 4.08. The first kappa shape index (κ1) is 32.7. The zero-order valence-corrected chi connectivity index (χ0v) is 25.9. The standard InChI is InChI=1S/C29H31Cl3FN3O4S/c1-19(2)16-34-29(38)27(13-20-9-5-4-6-10-20)35(17-21-11-7-8-12-25(21)33)28(37)18-36(41(3,39)40)26-15-23(31)22(30)14-24(26)32/h4-12,14-15,19,27H,13,16-18H2,1-3H3,(H,34,38)/t27-/m1/s1. The summed E-state index contributed by atoms with van der Waals surface area (Å²) in [6, 6.07) is 16.4. The van der Waals surface area contributed by atoms with Crippen LogP contribution >= 0.6 is 34.8 Å². The Balaban J connectivity index is 2.10. The lowest BCUT2D eigenvalue weighted by atomic mass is 10.0. The largest absolute Gasteiger partial charge is 0.354 e. The molecule has 3 rings (SSSR count). The Labute approximate surface area is 255 Å². The molecule has 0 saturated heterocycles. The monoisotopic (exact) mass is 641 g/mol. The molecule has 0 unspecified atom stereocenters. The molecule has 0 aliphatic rings. The van der Waals surface area contributed by atoms with Gasteiger partial charge in [-0.25, -0.2) is 12.8 Å². The van der Waals surface area contributed by atoms with Crippen molar-refractivity contribution in [3.05, 3.63) is 98.7 Å². The third-order valence-corrected chi connectivity index (χ3v) is 8.34. The second kappa shape index (κ2) is 14.4. The minimum Gasteiger partial charge on any atom is -0.354 e. The zero-order chi connectivity index (χ0) is 30.3. The zero-order valence-electron chi connectivity index (χ0n) is 22.8. The van der Waals surface area contributed by atoms with Gasteiger partial charge in [0.15, 0.2) is 0 Å². The Kier molecular flexibility index (Phi) is 11.4. The van der Waals surface area contributed by atoms with Gasteiger partial charge in [0.05, 0.1) is 27.0 Å². The van der Waals surface area contributed by atoms with E-state index in [1.54, 1.807) is 18.2 Å². The molecule has 0 saturated carbocycles. The summed E-state index contributed by atoms with van der Waals surface area (Å²) < 4.78 is 41.4. The van der Waals surface area contributed by atoms with E-state index in [0.717, 1.165) is 16.1 Å². The summed E-state index contributed by atoms with van der Waals surface area (Å²) in [6.07, 6.45) is 1.02. The summed E-state index contributed by atoms with van der Waals surface area (Å²) in [6.45, 7) is 3.19. The van der Waals surface area contributed by atoms with Gasteiger partial charge in [0.25, 0.3) is 0 Å². The average molecular weight is 643 g/mol. The van der Waals surface area contributed by atoms with E-state index in [-0.39, 0.29) is 45.2 Å². The third-order valence-electron chi connectivity index (χ3n) is 6.19. The lowest BCUT2D eigenvalue weighted by molar-refractivity contribution is -0.140. The summed E-state index contributed by atoms with van der Waals surface area (Å²) in [7, 11) is -4.08. The molecule has 0 fully saturated rings. The van der Waals surface area contributed by atoms with Crippen molar-refractivity contribution in [3.63, 3.8) is 0 Å². The second-order valence-corrected chi connectivity index (χ2v) is 13.1. The molecule has 7 nitrogen and oxygen atoms in total. The molecule has 3 aromatic rings. The fourth-order valence-corrected chi connectivity index (χ4v) is 5.63. The van der Waals surface area contributed by atoms with Crippen molar-refractivity contribution in [2.75, 3.05) is 23.7 Å². The highest BCUT2D eigenvalue weighted by Gasteiger charge is 2.34. The first-order chi connectivity index (χ1) is 19.3. The van der Waals surface area contributed by atoms with Crippen molar-refractivity contribution in [2.24, 2.45) is 5.92 Å². The lowest BCUT2D eigenvalue weighted by Crippen LogP contribution is -2.53. The van der Waals surface area contributed by atoms with Crippen LogP contribution in [0, 0.1) is 11.7 Å². The van der Waals surface area contributed by atoms with E-state index >= 15 is 0 Å². The molecule has 0 radical (unpaired) electrons. The molecule has 3 aromatic carbocycles. The van der Waals surface area contributed by atoms with Crippen LogP contribution in [0.15, 0.2) is 66.7 Å². The molecule has 1 N–H and O–H groups in total. The molecule has 0 spiro atoms. The summed E-state index contributed by atoms with van der Waals surface area (Å²) in [5.74, 6) is -1.64. The van der Waals surface area contributed by atoms with Gasteiger partial charge >= 0.3 is 0 Å². The summed E-state index contributed by atoms with van der Waals surface area (Å²) in [5, 5.41) is 2.95. The van der Waals surface area contributed by atoms with E-state index in [0.29, 0.717) is 6.54 Å². The Bertz CT molecular complexity index is 1490. The van der Waals surface area contributed by atoms with E-state index in [1.165, 1.54) is 35.2 Å². The van der Waals surface area contributed by atoms with Crippen LogP contribution in [0.1, 0.15) is 25.0 Å². The maximum atomic E-state index is 14.8. The number of nitrogens with zero attached hydrogens (tertiary/aromatic N) is 2. The molecular weight excluding hydrogens is 612 g/mol. The van der Waals surface area contributed by atoms with Gasteiger partial charge < -0.3 is 10.2 Å². The maximum absolute atomic E-state index is 14.8. The van der Waals surface area contributed by atoms with Crippen LogP contribution in [0.25, 0.3) is 0 Å². The van der Waals surface area contributed by atoms with Gasteiger partial charge in [0.2, 0.25) is 21.8 Å². The van der Waals surface area contributed by atoms with Gasteiger partial charge in [-0.2, -0.15) is 0 Å². The highest BCUT2D eigenvalue weighted by Crippen LogP contribution is 2.35. The Hall–Kier alpha value is -2.85. The Morgan fingerprint density at radius 3 is 2.15 bits per heavy atom. The third kappa shape index (κ3) is 9.07. The number of halogens is 4. The Morgan fingerprint density at radius 2 is 1.54 bits per heavy atom. The number of hydrogen-bond donors (Lipinski definition) is 1. The molecule has 220 valence electrons. The normalized spacial score (nSPS) is 12.2. The van der Waals surface area contributed by atoms with Crippen LogP contribution in [-0.2, 0) is 32.6 Å². The fraction of sp³-hybridized carbons (Fsp3) is 0.310. The van der Waals surface area contributed by atoms with E-state index in [9.17, 15) is 22.4 Å². The first-order valence-corrected chi connectivity index (χ1v) is 15.7. The molecular formula is C29H31Cl3FN3O4S. The molecule has 0 aliphatic carbocycles. The number of carbonyl (C=O) groups is 2. The summed E-state index contributed by atoms with van der Waals surface area (Å²) >= 11 is 18.5. The number of rotatable bonds is 12. The van der Waals surface area contributed by atoms with Crippen molar-refractivity contribution in [2.45, 2.75) is 32.9 Å². The maximum Gasteiger partial charge on any atom is 0.244 e. The van der Waals surface area contributed by atoms with E-state index in [4.69, 9.17) is 34.8 Å². The average Bonchev–Trinajstić information content (AvgIpc) is 2.91. The lowest BCUT2D eigenvalue weighted by Gasteiger charge is -2.34. The van der Waals surface area contributed by atoms with Crippen LogP contribution in [0.4, 0.5) is 10.1 Å². The first-order valence-electron chi connectivity index (χ1n) is 12.7. The highest BCUT2D eigenvalue weighted by atomic mass is 35.5. The van der Waals surface area contributed by atoms with E-state index < -0.39 is 40.2 Å². The molecule has 0 aliphatic heterocycles. The van der Waals surface area contributed by atoms with Crippen molar-refractivity contribution in [1.82, 2.24) is 10.2 Å². The van der Waals surface area contributed by atoms with Crippen LogP contribution < -0.4 is 9.62 Å². The molecule has 1 atom stereocenters. The van der Waals surface area contributed by atoms with Gasteiger partial charge in [-0.15, -0.1) is 0 Å². The number of sulfonamides is 1. The van der Waals surface area contributed by atoms with Crippen molar-refractivity contribution < 1.29 is 22.4 Å². The minimum atomic E-state index is -4.08. The molecule has 0 aromatic heterocycles. The number of anilines is 1. The highest BCUT2D eigenvalue weighted by molar-refractivity contribution is 7.92. The van der Waals surface area contributed by atoms with Gasteiger partial charge in [0.1, 0.15) is 18.4 Å². The van der Waals surface area contributed by atoms with Gasteiger partial charge in [-0.1, -0.05) is 97.2 Å². The van der Waals surface area contributed by atoms with Crippen LogP contribution in [-0.4, -0.2) is 50.5 Å².